The van der Waals surface area contributed by atoms with Crippen LogP contribution in [-0.2, 0) is 17.5 Å². The average molecular weight is 625 g/mol. The largest absolute Gasteiger partial charge is 0.445 e. The fourth-order valence-electron chi connectivity index (χ4n) is 5.88. The molecular weight excluding hydrogens is 601 g/mol. The number of nitrogens with zero attached hydrogens (tertiary/aromatic N) is 4. The van der Waals surface area contributed by atoms with Crippen molar-refractivity contribution in [3.05, 3.63) is 76.0 Å². The van der Waals surface area contributed by atoms with E-state index in [0.29, 0.717) is 33.8 Å². The lowest BCUT2D eigenvalue weighted by Crippen LogP contribution is -2.50. The summed E-state index contributed by atoms with van der Waals surface area (Å²) in [6.45, 7) is 0.196. The zero-order valence-electron chi connectivity index (χ0n) is 21.6. The van der Waals surface area contributed by atoms with Crippen molar-refractivity contribution in [2.24, 2.45) is 0 Å². The van der Waals surface area contributed by atoms with Gasteiger partial charge < -0.3 is 19.9 Å². The van der Waals surface area contributed by atoms with Crippen molar-refractivity contribution >= 4 is 38.9 Å². The lowest BCUT2D eigenvalue weighted by atomic mass is 9.98. The van der Waals surface area contributed by atoms with Crippen LogP contribution in [0.1, 0.15) is 42.4 Å². The van der Waals surface area contributed by atoms with Crippen LogP contribution in [0.3, 0.4) is 0 Å². The molecule has 210 valence electrons. The van der Waals surface area contributed by atoms with Gasteiger partial charge >= 0.3 is 12.3 Å². The van der Waals surface area contributed by atoms with Crippen LogP contribution in [0.5, 0.6) is 0 Å². The molecule has 0 radical (unpaired) electrons. The van der Waals surface area contributed by atoms with Crippen LogP contribution >= 0.6 is 15.9 Å². The number of H-pyrrole nitrogens is 1. The first-order valence-electron chi connectivity index (χ1n) is 13.1. The number of hydrogen-bond donors (Lipinski definition) is 2. The van der Waals surface area contributed by atoms with Crippen LogP contribution in [0, 0.1) is 11.3 Å². The smallest absolute Gasteiger partial charge is 0.419 e. The Hall–Kier alpha value is -4.11. The zero-order valence-corrected chi connectivity index (χ0v) is 23.2. The molecule has 1 unspecified atom stereocenters. The summed E-state index contributed by atoms with van der Waals surface area (Å²) in [6, 6.07) is 14.5. The number of carbonyl (C=O) groups excluding carboxylic acids is 1. The van der Waals surface area contributed by atoms with E-state index in [9.17, 15) is 23.2 Å². The molecule has 3 atom stereocenters. The minimum absolute atomic E-state index is 0.0382. The number of piperidine rings is 1. The summed E-state index contributed by atoms with van der Waals surface area (Å²) < 4.78 is 48.1. The van der Waals surface area contributed by atoms with E-state index in [-0.39, 0.29) is 48.0 Å². The Kier molecular flexibility index (Phi) is 7.07. The van der Waals surface area contributed by atoms with Gasteiger partial charge in [0.1, 0.15) is 18.2 Å². The van der Waals surface area contributed by atoms with Crippen LogP contribution in [0.4, 0.5) is 23.9 Å². The number of hydrogen-bond acceptors (Lipinski definition) is 6. The van der Waals surface area contributed by atoms with Crippen LogP contribution in [0.15, 0.2) is 59.3 Å². The maximum atomic E-state index is 14.0. The van der Waals surface area contributed by atoms with Crippen LogP contribution in [0.25, 0.3) is 22.2 Å². The first kappa shape index (κ1) is 27.1. The molecule has 2 saturated heterocycles. The normalized spacial score (nSPS) is 20.2. The quantitative estimate of drug-likeness (QED) is 0.247. The third kappa shape index (κ3) is 5.22. The monoisotopic (exact) mass is 624 g/mol. The molecule has 12 heteroatoms. The number of ether oxygens (including phenoxy) is 1. The molecule has 8 nitrogen and oxygen atoms in total. The summed E-state index contributed by atoms with van der Waals surface area (Å²) in [5, 5.41) is 13.0. The molecule has 2 aliphatic rings. The summed E-state index contributed by atoms with van der Waals surface area (Å²) in [6.07, 6.45) is 0.102. The number of nitriles is 1. The number of carbonyl (C=O) groups is 1. The second kappa shape index (κ2) is 10.7. The van der Waals surface area contributed by atoms with Crippen LogP contribution < -0.4 is 5.32 Å². The minimum atomic E-state index is -4.67. The summed E-state index contributed by atoms with van der Waals surface area (Å²) in [5.74, 6) is 0.0829. The number of rotatable bonds is 5. The van der Waals surface area contributed by atoms with Gasteiger partial charge in [-0.25, -0.2) is 14.8 Å². The van der Waals surface area contributed by atoms with Gasteiger partial charge in [0.05, 0.1) is 21.2 Å². The van der Waals surface area contributed by atoms with E-state index in [2.05, 4.69) is 36.2 Å². The maximum absolute atomic E-state index is 14.0. The summed E-state index contributed by atoms with van der Waals surface area (Å²) in [4.78, 5) is 26.0. The Balaban J connectivity index is 1.22. The second-order valence-electron chi connectivity index (χ2n) is 10.3. The third-order valence-corrected chi connectivity index (χ3v) is 8.57. The highest BCUT2D eigenvalue weighted by atomic mass is 79.9. The average Bonchev–Trinajstić information content (AvgIpc) is 3.51. The predicted octanol–water partition coefficient (Wildman–Crippen LogP) is 7.02. The highest BCUT2D eigenvalue weighted by Crippen LogP contribution is 2.41. The Morgan fingerprint density at radius 2 is 1.90 bits per heavy atom. The Morgan fingerprint density at radius 1 is 1.17 bits per heavy atom. The van der Waals surface area contributed by atoms with E-state index in [4.69, 9.17) is 4.74 Å². The van der Waals surface area contributed by atoms with Gasteiger partial charge in [0.15, 0.2) is 0 Å². The first-order chi connectivity index (χ1) is 19.7. The Morgan fingerprint density at radius 3 is 2.59 bits per heavy atom. The van der Waals surface area contributed by atoms with Gasteiger partial charge in [0, 0.05) is 41.5 Å². The summed E-state index contributed by atoms with van der Waals surface area (Å²) >= 11 is 3.36. The molecule has 1 amide bonds. The lowest BCUT2D eigenvalue weighted by molar-refractivity contribution is -0.137. The standard InChI is InChI=1S/C29H24BrF3N6O2/c30-24-17(12-34)6-9-21-22(13-35-26(21)24)25-23(29(31,32)33)14-36-27(38-25)37-18-10-19-7-8-20(11-18)39(19)28(40)41-15-16-4-2-1-3-5-16/h1-6,9,13-14,18-20,35H,7-8,10-11,15H2,(H,36,37,38)/t18?,19-,20+. The third-order valence-electron chi connectivity index (χ3n) is 7.74. The molecule has 2 N–H and O–H groups in total. The maximum Gasteiger partial charge on any atom is 0.419 e. The molecule has 6 rings (SSSR count). The number of anilines is 1. The number of aromatic nitrogens is 3. The van der Waals surface area contributed by atoms with E-state index in [1.54, 1.807) is 17.0 Å². The highest BCUT2D eigenvalue weighted by molar-refractivity contribution is 9.10. The molecule has 2 aromatic heterocycles. The van der Waals surface area contributed by atoms with Crippen molar-refractivity contribution in [1.29, 1.82) is 5.26 Å². The lowest BCUT2D eigenvalue weighted by Gasteiger charge is -2.38. The first-order valence-corrected chi connectivity index (χ1v) is 13.9. The zero-order chi connectivity index (χ0) is 28.7. The number of fused-ring (bicyclic) bond motifs is 3. The Labute approximate surface area is 241 Å². The van der Waals surface area contributed by atoms with Gasteiger partial charge in [0.2, 0.25) is 5.95 Å². The molecule has 4 aromatic rings. The van der Waals surface area contributed by atoms with Crippen molar-refractivity contribution in [2.45, 2.75) is 56.6 Å². The molecule has 0 aliphatic carbocycles. The SMILES string of the molecule is N#Cc1ccc2c(-c3nc(NC4C[C@H]5CC[C@@H](C4)N5C(=O)OCc4ccccc4)ncc3C(F)(F)F)c[nH]c2c1Br. The van der Waals surface area contributed by atoms with Crippen molar-refractivity contribution in [1.82, 2.24) is 19.9 Å². The highest BCUT2D eigenvalue weighted by Gasteiger charge is 2.44. The predicted molar refractivity (Wildman–Crippen MR) is 149 cm³/mol. The van der Waals surface area contributed by atoms with Crippen molar-refractivity contribution < 1.29 is 22.7 Å². The Bertz CT molecular complexity index is 1640. The van der Waals surface area contributed by atoms with Crippen LogP contribution in [0.2, 0.25) is 0 Å². The van der Waals surface area contributed by atoms with Crippen LogP contribution in [-0.4, -0.2) is 44.1 Å². The van der Waals surface area contributed by atoms with E-state index in [1.807, 2.05) is 36.4 Å². The summed E-state index contributed by atoms with van der Waals surface area (Å²) in [5.41, 5.74) is 0.802. The number of benzene rings is 2. The summed E-state index contributed by atoms with van der Waals surface area (Å²) in [7, 11) is 0. The molecule has 4 heterocycles. The van der Waals surface area contributed by atoms with Gasteiger partial charge in [-0.3, -0.25) is 0 Å². The number of alkyl halides is 3. The van der Waals surface area contributed by atoms with Gasteiger partial charge in [-0.15, -0.1) is 0 Å². The number of aromatic amines is 1. The second-order valence-corrected chi connectivity index (χ2v) is 11.1. The number of halogens is 4. The fraction of sp³-hybridized carbons (Fsp3) is 0.310. The number of amides is 1. The molecule has 0 saturated carbocycles. The van der Waals surface area contributed by atoms with E-state index >= 15 is 0 Å². The van der Waals surface area contributed by atoms with E-state index in [0.717, 1.165) is 24.6 Å². The van der Waals surface area contributed by atoms with E-state index in [1.165, 1.54) is 6.20 Å². The molecule has 0 spiro atoms. The van der Waals surface area contributed by atoms with Crippen molar-refractivity contribution in [2.75, 3.05) is 5.32 Å². The van der Waals surface area contributed by atoms with Gasteiger partial charge in [0.25, 0.3) is 0 Å². The molecule has 2 aliphatic heterocycles. The molecule has 2 fully saturated rings. The molecule has 2 bridgehead atoms. The number of nitrogens with one attached hydrogen (secondary N) is 2. The molecule has 41 heavy (non-hydrogen) atoms. The van der Waals surface area contributed by atoms with Gasteiger partial charge in [-0.2, -0.15) is 18.4 Å². The fourth-order valence-corrected chi connectivity index (χ4v) is 6.43. The molecular formula is C29H24BrF3N6O2. The minimum Gasteiger partial charge on any atom is -0.445 e. The topological polar surface area (TPSA) is 107 Å². The van der Waals surface area contributed by atoms with Crippen molar-refractivity contribution in [3.8, 4) is 17.3 Å². The van der Waals surface area contributed by atoms with Crippen molar-refractivity contribution in [3.63, 3.8) is 0 Å². The van der Waals surface area contributed by atoms with Gasteiger partial charge in [-0.1, -0.05) is 36.4 Å². The molecule has 2 aromatic carbocycles. The van der Waals surface area contributed by atoms with Gasteiger partial charge in [-0.05, 0) is 53.2 Å². The van der Waals surface area contributed by atoms with E-state index < -0.39 is 11.7 Å².